The number of methoxy groups -OCH3 is 3. The number of ether oxygens (including phenoxy) is 3. The maximum Gasteiger partial charge on any atom is 0.184 e. The molecule has 1 aliphatic rings. The highest BCUT2D eigenvalue weighted by molar-refractivity contribution is 5.82. The predicted octanol–water partition coefficient (Wildman–Crippen LogP) is 5.27. The smallest absolute Gasteiger partial charge is 0.184 e. The van der Waals surface area contributed by atoms with Gasteiger partial charge in [0, 0.05) is 24.2 Å². The van der Waals surface area contributed by atoms with Crippen molar-refractivity contribution in [2.75, 3.05) is 26.2 Å². The second kappa shape index (κ2) is 10.8. The minimum atomic E-state index is 0.253. The number of anilines is 1. The number of hydrogen-bond acceptors (Lipinski definition) is 8. The van der Waals surface area contributed by atoms with E-state index in [0.29, 0.717) is 30.3 Å². The van der Waals surface area contributed by atoms with Crippen molar-refractivity contribution >= 4 is 17.0 Å². The minimum absolute atomic E-state index is 0.253. The Morgan fingerprint density at radius 1 is 0.974 bits per heavy atom. The van der Waals surface area contributed by atoms with Crippen LogP contribution in [0.15, 0.2) is 48.8 Å². The van der Waals surface area contributed by atoms with E-state index in [2.05, 4.69) is 40.1 Å². The summed E-state index contributed by atoms with van der Waals surface area (Å²) in [6, 6.07) is 14.2. The Labute approximate surface area is 223 Å². The van der Waals surface area contributed by atoms with Gasteiger partial charge in [-0.15, -0.1) is 5.10 Å². The fourth-order valence-electron chi connectivity index (χ4n) is 5.47. The van der Waals surface area contributed by atoms with Gasteiger partial charge in [-0.1, -0.05) is 37.6 Å². The first-order valence-corrected chi connectivity index (χ1v) is 13.1. The molecule has 1 saturated carbocycles. The van der Waals surface area contributed by atoms with Crippen molar-refractivity contribution < 1.29 is 14.2 Å². The van der Waals surface area contributed by atoms with E-state index >= 15 is 0 Å². The van der Waals surface area contributed by atoms with Crippen LogP contribution in [0, 0.1) is 5.41 Å². The van der Waals surface area contributed by atoms with Gasteiger partial charge in [0.1, 0.15) is 23.6 Å². The van der Waals surface area contributed by atoms with Crippen molar-refractivity contribution in [3.05, 3.63) is 59.9 Å². The van der Waals surface area contributed by atoms with Crippen molar-refractivity contribution in [3.63, 3.8) is 0 Å². The van der Waals surface area contributed by atoms with Crippen LogP contribution < -0.4 is 19.1 Å². The molecule has 0 saturated heterocycles. The summed E-state index contributed by atoms with van der Waals surface area (Å²) in [5, 5.41) is 9.06. The Hall–Kier alpha value is -3.88. The molecule has 1 atom stereocenters. The highest BCUT2D eigenvalue weighted by Crippen LogP contribution is 2.40. The zero-order valence-corrected chi connectivity index (χ0v) is 22.8. The van der Waals surface area contributed by atoms with E-state index in [1.807, 2.05) is 41.1 Å². The molecule has 2 aromatic heterocycles. The summed E-state index contributed by atoms with van der Waals surface area (Å²) >= 11 is 0. The number of benzene rings is 2. The van der Waals surface area contributed by atoms with Crippen LogP contribution >= 0.6 is 0 Å². The average Bonchev–Trinajstić information content (AvgIpc) is 3.34. The first-order valence-electron chi connectivity index (χ1n) is 13.1. The molecule has 4 aromatic rings. The van der Waals surface area contributed by atoms with Gasteiger partial charge in [-0.25, -0.2) is 14.6 Å². The van der Waals surface area contributed by atoms with Crippen LogP contribution in [0.3, 0.4) is 0 Å². The summed E-state index contributed by atoms with van der Waals surface area (Å²) in [6.45, 7) is 5.89. The molecule has 1 fully saturated rings. The van der Waals surface area contributed by atoms with E-state index in [0.717, 1.165) is 47.0 Å². The Bertz CT molecular complexity index is 1390. The SMILES string of the molecule is COc1ccc(Cn2nnc3c(N(Cc4ccc(OC)cc4OC)C4CCCC(C)(C)C4)ncnc32)cc1. The van der Waals surface area contributed by atoms with Gasteiger partial charge in [0.25, 0.3) is 0 Å². The lowest BCUT2D eigenvalue weighted by Crippen LogP contribution is -2.41. The summed E-state index contributed by atoms with van der Waals surface area (Å²) in [6.07, 6.45) is 6.18. The summed E-state index contributed by atoms with van der Waals surface area (Å²) in [5.74, 6) is 3.18. The summed E-state index contributed by atoms with van der Waals surface area (Å²) in [4.78, 5) is 11.7. The van der Waals surface area contributed by atoms with Crippen molar-refractivity contribution in [1.29, 1.82) is 0 Å². The molecule has 0 bridgehead atoms. The van der Waals surface area contributed by atoms with Crippen molar-refractivity contribution in [2.24, 2.45) is 5.41 Å². The van der Waals surface area contributed by atoms with Gasteiger partial charge in [-0.05, 0) is 54.5 Å². The van der Waals surface area contributed by atoms with Gasteiger partial charge >= 0.3 is 0 Å². The Balaban J connectivity index is 1.53. The maximum atomic E-state index is 5.75. The van der Waals surface area contributed by atoms with Crippen molar-refractivity contribution in [3.8, 4) is 17.2 Å². The van der Waals surface area contributed by atoms with E-state index < -0.39 is 0 Å². The van der Waals surface area contributed by atoms with Gasteiger partial charge in [0.2, 0.25) is 0 Å². The third kappa shape index (κ3) is 5.37. The van der Waals surface area contributed by atoms with E-state index in [4.69, 9.17) is 19.2 Å². The lowest BCUT2D eigenvalue weighted by atomic mass is 9.74. The molecule has 0 aliphatic heterocycles. The highest BCUT2D eigenvalue weighted by Gasteiger charge is 2.34. The molecular weight excluding hydrogens is 480 g/mol. The normalized spacial score (nSPS) is 16.8. The second-order valence-electron chi connectivity index (χ2n) is 10.7. The largest absolute Gasteiger partial charge is 0.497 e. The molecule has 0 spiro atoms. The third-order valence-electron chi connectivity index (χ3n) is 7.50. The molecule has 200 valence electrons. The molecule has 1 aliphatic carbocycles. The van der Waals surface area contributed by atoms with Gasteiger partial charge in [0.05, 0.1) is 27.9 Å². The molecule has 2 heterocycles. The van der Waals surface area contributed by atoms with Crippen LogP contribution in [0.1, 0.15) is 50.7 Å². The molecule has 0 N–H and O–H groups in total. The lowest BCUT2D eigenvalue weighted by molar-refractivity contribution is 0.213. The van der Waals surface area contributed by atoms with E-state index in [-0.39, 0.29) is 5.41 Å². The molecule has 9 nitrogen and oxygen atoms in total. The predicted molar refractivity (Wildman–Crippen MR) is 147 cm³/mol. The van der Waals surface area contributed by atoms with Crippen molar-refractivity contribution in [1.82, 2.24) is 25.0 Å². The topological polar surface area (TPSA) is 87.4 Å². The molecule has 0 radical (unpaired) electrons. The fourth-order valence-corrected chi connectivity index (χ4v) is 5.47. The summed E-state index contributed by atoms with van der Waals surface area (Å²) in [7, 11) is 5.02. The Kier molecular flexibility index (Phi) is 7.35. The number of hydrogen-bond donors (Lipinski definition) is 0. The molecule has 5 rings (SSSR count). The van der Waals surface area contributed by atoms with Crippen LogP contribution in [0.2, 0.25) is 0 Å². The Morgan fingerprint density at radius 3 is 2.45 bits per heavy atom. The third-order valence-corrected chi connectivity index (χ3v) is 7.50. The molecule has 38 heavy (non-hydrogen) atoms. The standard InChI is InChI=1S/C29H36N6O3/c1-29(2)14-6-7-22(16-29)34(18-21-10-13-24(37-4)15-25(21)38-5)27-26-28(31-19-30-27)35(33-32-26)17-20-8-11-23(36-3)12-9-20/h8-13,15,19,22H,6-7,14,16-18H2,1-5H3. The number of aromatic nitrogens is 5. The van der Waals surface area contributed by atoms with Gasteiger partial charge in [0.15, 0.2) is 17.0 Å². The first kappa shape index (κ1) is 25.8. The first-order chi connectivity index (χ1) is 18.4. The highest BCUT2D eigenvalue weighted by atomic mass is 16.5. The quantitative estimate of drug-likeness (QED) is 0.297. The molecule has 0 amide bonds. The van der Waals surface area contributed by atoms with Crippen LogP contribution in [-0.4, -0.2) is 52.3 Å². The maximum absolute atomic E-state index is 5.75. The van der Waals surface area contributed by atoms with Crippen LogP contribution in [-0.2, 0) is 13.1 Å². The lowest BCUT2D eigenvalue weighted by Gasteiger charge is -2.42. The molecule has 1 unspecified atom stereocenters. The number of rotatable bonds is 9. The number of fused-ring (bicyclic) bond motifs is 1. The monoisotopic (exact) mass is 516 g/mol. The van der Waals surface area contributed by atoms with E-state index in [9.17, 15) is 0 Å². The molecule has 2 aromatic carbocycles. The molecule has 9 heteroatoms. The van der Waals surface area contributed by atoms with Crippen LogP contribution in [0.5, 0.6) is 17.2 Å². The van der Waals surface area contributed by atoms with Crippen LogP contribution in [0.25, 0.3) is 11.2 Å². The average molecular weight is 517 g/mol. The summed E-state index contributed by atoms with van der Waals surface area (Å²) < 4.78 is 18.3. The van der Waals surface area contributed by atoms with E-state index in [1.165, 1.54) is 12.8 Å². The van der Waals surface area contributed by atoms with Crippen molar-refractivity contribution in [2.45, 2.75) is 58.7 Å². The van der Waals surface area contributed by atoms with Gasteiger partial charge < -0.3 is 19.1 Å². The van der Waals surface area contributed by atoms with Crippen LogP contribution in [0.4, 0.5) is 5.82 Å². The van der Waals surface area contributed by atoms with Gasteiger partial charge in [-0.3, -0.25) is 0 Å². The zero-order chi connectivity index (χ0) is 26.7. The number of nitrogens with zero attached hydrogens (tertiary/aromatic N) is 6. The fraction of sp³-hybridized carbons (Fsp3) is 0.448. The molecular formula is C29H36N6O3. The summed E-state index contributed by atoms with van der Waals surface area (Å²) in [5.41, 5.74) is 3.83. The minimum Gasteiger partial charge on any atom is -0.497 e. The van der Waals surface area contributed by atoms with E-state index in [1.54, 1.807) is 27.7 Å². The van der Waals surface area contributed by atoms with Gasteiger partial charge in [-0.2, -0.15) is 0 Å². The second-order valence-corrected chi connectivity index (χ2v) is 10.7. The zero-order valence-electron chi connectivity index (χ0n) is 22.8. The Morgan fingerprint density at radius 2 is 1.74 bits per heavy atom.